The number of hydrogen-bond acceptors (Lipinski definition) is 5. The molecule has 1 amide bonds. The lowest BCUT2D eigenvalue weighted by atomic mass is 9.96. The molecular formula is C21H20BrNO5. The normalized spacial score (nSPS) is 16.6. The van der Waals surface area contributed by atoms with Crippen molar-refractivity contribution >= 4 is 33.3 Å². The molecule has 0 fully saturated rings. The molecule has 0 saturated heterocycles. The first-order valence-electron chi connectivity index (χ1n) is 8.75. The number of aryl methyl sites for hydroxylation is 1. The van der Waals surface area contributed by atoms with Crippen molar-refractivity contribution in [3.05, 3.63) is 63.3 Å². The van der Waals surface area contributed by atoms with E-state index in [1.165, 1.54) is 17.9 Å². The Balaban J connectivity index is 2.19. The van der Waals surface area contributed by atoms with Crippen LogP contribution in [-0.4, -0.2) is 28.5 Å². The van der Waals surface area contributed by atoms with Crippen molar-refractivity contribution in [2.45, 2.75) is 26.8 Å². The molecule has 146 valence electrons. The molecule has 6 nitrogen and oxygen atoms in total. The molecule has 1 heterocycles. The molecule has 0 spiro atoms. The van der Waals surface area contributed by atoms with Crippen LogP contribution >= 0.6 is 15.9 Å². The molecule has 1 atom stereocenters. The predicted octanol–water partition coefficient (Wildman–Crippen LogP) is 4.35. The first-order valence-corrected chi connectivity index (χ1v) is 9.55. The number of carbonyl (C=O) groups is 2. The van der Waals surface area contributed by atoms with Crippen molar-refractivity contribution in [1.29, 1.82) is 0 Å². The van der Waals surface area contributed by atoms with E-state index in [0.29, 0.717) is 17.9 Å². The lowest BCUT2D eigenvalue weighted by molar-refractivity contribution is -0.117. The summed E-state index contributed by atoms with van der Waals surface area (Å²) in [6.45, 7) is 5.36. The van der Waals surface area contributed by atoms with Crippen LogP contribution in [0, 0.1) is 6.92 Å². The lowest BCUT2D eigenvalue weighted by Crippen LogP contribution is -2.30. The number of benzene rings is 2. The predicted molar refractivity (Wildman–Crippen MR) is 109 cm³/mol. The van der Waals surface area contributed by atoms with Crippen LogP contribution in [0.4, 0.5) is 5.69 Å². The summed E-state index contributed by atoms with van der Waals surface area (Å²) in [4.78, 5) is 26.5. The number of halogens is 1. The fourth-order valence-corrected chi connectivity index (χ4v) is 3.62. The van der Waals surface area contributed by atoms with Crippen LogP contribution in [0.3, 0.4) is 0 Å². The van der Waals surface area contributed by atoms with E-state index < -0.39 is 23.5 Å². The number of aromatic hydroxyl groups is 1. The molecule has 3 rings (SSSR count). The quantitative estimate of drug-likeness (QED) is 0.713. The van der Waals surface area contributed by atoms with Crippen molar-refractivity contribution in [3.8, 4) is 11.5 Å². The number of hydrogen-bond donors (Lipinski definition) is 2. The summed E-state index contributed by atoms with van der Waals surface area (Å²) in [5.41, 5.74) is 2.07. The number of phenolic OH excluding ortho intramolecular Hbond substituents is 1. The first kappa shape index (κ1) is 19.9. The van der Waals surface area contributed by atoms with E-state index in [2.05, 4.69) is 15.9 Å². The van der Waals surface area contributed by atoms with Crippen LogP contribution in [0.25, 0.3) is 0 Å². The number of ether oxygens (including phenoxy) is 1. The van der Waals surface area contributed by atoms with Crippen LogP contribution in [0.1, 0.15) is 31.0 Å². The third-order valence-corrected chi connectivity index (χ3v) is 5.47. The zero-order valence-corrected chi connectivity index (χ0v) is 17.3. The highest BCUT2D eigenvalue weighted by Gasteiger charge is 2.43. The van der Waals surface area contributed by atoms with E-state index >= 15 is 0 Å². The zero-order valence-electron chi connectivity index (χ0n) is 15.7. The number of aliphatic hydroxyl groups is 1. The zero-order chi connectivity index (χ0) is 20.6. The highest BCUT2D eigenvalue weighted by molar-refractivity contribution is 9.10. The molecule has 0 saturated carbocycles. The van der Waals surface area contributed by atoms with Gasteiger partial charge in [-0.1, -0.05) is 28.1 Å². The number of rotatable bonds is 5. The fourth-order valence-electron chi connectivity index (χ4n) is 3.25. The maximum atomic E-state index is 12.8. The Bertz CT molecular complexity index is 998. The smallest absolute Gasteiger partial charge is 0.294 e. The van der Waals surface area contributed by atoms with Gasteiger partial charge in [0.15, 0.2) is 23.0 Å². The number of ketones is 1. The van der Waals surface area contributed by atoms with Crippen LogP contribution in [0.2, 0.25) is 0 Å². The molecule has 1 aliphatic rings. The molecule has 2 aromatic carbocycles. The Morgan fingerprint density at radius 1 is 1.21 bits per heavy atom. The molecule has 0 aromatic heterocycles. The Morgan fingerprint density at radius 3 is 2.54 bits per heavy atom. The summed E-state index contributed by atoms with van der Waals surface area (Å²) in [6.07, 6.45) is 0. The minimum Gasteiger partial charge on any atom is -0.504 e. The van der Waals surface area contributed by atoms with Crippen molar-refractivity contribution in [3.63, 3.8) is 0 Å². The second-order valence-corrected chi connectivity index (χ2v) is 7.34. The Morgan fingerprint density at radius 2 is 1.93 bits per heavy atom. The molecule has 0 radical (unpaired) electrons. The number of phenols is 1. The molecule has 7 heteroatoms. The van der Waals surface area contributed by atoms with Crippen LogP contribution in [-0.2, 0) is 9.59 Å². The van der Waals surface area contributed by atoms with Gasteiger partial charge in [0.2, 0.25) is 0 Å². The number of amides is 1. The SMILES string of the molecule is CCOc1cc([C@H]2C(C(C)=O)=C(O)C(=O)N2c2ccc(C)c(Br)c2)ccc1O. The van der Waals surface area contributed by atoms with Gasteiger partial charge >= 0.3 is 0 Å². The van der Waals surface area contributed by atoms with E-state index in [4.69, 9.17) is 4.74 Å². The van der Waals surface area contributed by atoms with Crippen LogP contribution in [0.5, 0.6) is 11.5 Å². The largest absolute Gasteiger partial charge is 0.504 e. The first-order chi connectivity index (χ1) is 13.3. The Labute approximate surface area is 171 Å². The second-order valence-electron chi connectivity index (χ2n) is 6.49. The summed E-state index contributed by atoms with van der Waals surface area (Å²) >= 11 is 3.46. The van der Waals surface area contributed by atoms with E-state index in [1.54, 1.807) is 31.2 Å². The van der Waals surface area contributed by atoms with Gasteiger partial charge in [-0.2, -0.15) is 0 Å². The third kappa shape index (κ3) is 3.38. The number of Topliss-reactive ketones (excluding diaryl/α,β-unsaturated/α-hetero) is 1. The van der Waals surface area contributed by atoms with Gasteiger partial charge < -0.3 is 14.9 Å². The van der Waals surface area contributed by atoms with E-state index in [0.717, 1.165) is 10.0 Å². The van der Waals surface area contributed by atoms with Gasteiger partial charge in [-0.3, -0.25) is 14.5 Å². The lowest BCUT2D eigenvalue weighted by Gasteiger charge is -2.27. The van der Waals surface area contributed by atoms with Gasteiger partial charge in [-0.25, -0.2) is 0 Å². The monoisotopic (exact) mass is 445 g/mol. The minimum absolute atomic E-state index is 0.00911. The van der Waals surface area contributed by atoms with Gasteiger partial charge in [0.1, 0.15) is 0 Å². The fraction of sp³-hybridized carbons (Fsp3) is 0.238. The number of nitrogens with zero attached hydrogens (tertiary/aromatic N) is 1. The topological polar surface area (TPSA) is 87.1 Å². The van der Waals surface area contributed by atoms with Gasteiger partial charge in [0, 0.05) is 10.2 Å². The Kier molecular flexibility index (Phi) is 5.47. The molecule has 1 aliphatic heterocycles. The van der Waals surface area contributed by atoms with Crippen molar-refractivity contribution < 1.29 is 24.5 Å². The van der Waals surface area contributed by atoms with E-state index in [9.17, 15) is 19.8 Å². The van der Waals surface area contributed by atoms with Crippen molar-refractivity contribution in [2.75, 3.05) is 11.5 Å². The van der Waals surface area contributed by atoms with Crippen molar-refractivity contribution in [1.82, 2.24) is 0 Å². The second kappa shape index (κ2) is 7.67. The summed E-state index contributed by atoms with van der Waals surface area (Å²) in [7, 11) is 0. The summed E-state index contributed by atoms with van der Waals surface area (Å²) in [5, 5.41) is 20.4. The Hall–Kier alpha value is -2.80. The van der Waals surface area contributed by atoms with Crippen molar-refractivity contribution in [2.24, 2.45) is 0 Å². The molecule has 2 N–H and O–H groups in total. The maximum absolute atomic E-state index is 12.8. The molecule has 2 aromatic rings. The standard InChI is InChI=1S/C21H20BrNO5/c1-4-28-17-9-13(6-8-16(17)25)19-18(12(3)24)20(26)21(27)23(19)14-7-5-11(2)15(22)10-14/h5-10,19,25-26H,4H2,1-3H3/t19-/m0/s1. The van der Waals surface area contributed by atoms with E-state index in [-0.39, 0.29) is 17.1 Å². The molecule has 28 heavy (non-hydrogen) atoms. The van der Waals surface area contributed by atoms with Gasteiger partial charge in [-0.15, -0.1) is 0 Å². The molecule has 0 bridgehead atoms. The van der Waals surface area contributed by atoms with Gasteiger partial charge in [0.25, 0.3) is 5.91 Å². The van der Waals surface area contributed by atoms with Crippen LogP contribution in [0.15, 0.2) is 52.2 Å². The van der Waals surface area contributed by atoms with Gasteiger partial charge in [0.05, 0.1) is 18.2 Å². The minimum atomic E-state index is -0.834. The average molecular weight is 446 g/mol. The highest BCUT2D eigenvalue weighted by Crippen LogP contribution is 2.43. The molecular weight excluding hydrogens is 426 g/mol. The highest BCUT2D eigenvalue weighted by atomic mass is 79.9. The maximum Gasteiger partial charge on any atom is 0.294 e. The molecule has 0 aliphatic carbocycles. The summed E-state index contributed by atoms with van der Waals surface area (Å²) in [5.74, 6) is -1.43. The van der Waals surface area contributed by atoms with Gasteiger partial charge in [-0.05, 0) is 56.2 Å². The summed E-state index contributed by atoms with van der Waals surface area (Å²) in [6, 6.07) is 9.16. The van der Waals surface area contributed by atoms with E-state index in [1.807, 2.05) is 13.0 Å². The molecule has 0 unspecified atom stereocenters. The number of anilines is 1. The summed E-state index contributed by atoms with van der Waals surface area (Å²) < 4.78 is 6.24. The average Bonchev–Trinajstić information content (AvgIpc) is 2.91. The third-order valence-electron chi connectivity index (χ3n) is 4.62. The number of aliphatic hydroxyl groups excluding tert-OH is 1. The number of carbonyl (C=O) groups excluding carboxylic acids is 2. The van der Waals surface area contributed by atoms with Crippen LogP contribution < -0.4 is 9.64 Å².